The predicted molar refractivity (Wildman–Crippen MR) is 144 cm³/mol. The van der Waals surface area contributed by atoms with E-state index in [-0.39, 0.29) is 36.6 Å². The number of amides is 1. The van der Waals surface area contributed by atoms with Crippen LogP contribution in [0.2, 0.25) is 0 Å². The molecule has 1 aromatic rings. The minimum absolute atomic E-state index is 0.0270. The predicted octanol–water partition coefficient (Wildman–Crippen LogP) is 5.91. The quantitative estimate of drug-likeness (QED) is 0.173. The molecular formula is C28H45N5O2. The molecule has 7 nitrogen and oxygen atoms in total. The molecule has 0 saturated heterocycles. The number of carbonyl (C=O) groups excluding carboxylic acids is 2. The molecule has 1 N–H and O–H groups in total. The highest BCUT2D eigenvalue weighted by atomic mass is 16.2. The minimum atomic E-state index is -0.477. The second kappa shape index (κ2) is 12.9. The smallest absolute Gasteiger partial charge is 0.226 e. The number of hydrogen-bond acceptors (Lipinski definition) is 4. The lowest BCUT2D eigenvalue weighted by Gasteiger charge is -2.39. The zero-order valence-electron chi connectivity index (χ0n) is 23.3. The summed E-state index contributed by atoms with van der Waals surface area (Å²) in [6.45, 7) is 16.4. The van der Waals surface area contributed by atoms with Crippen LogP contribution in [0.15, 0.2) is 47.1 Å². The van der Waals surface area contributed by atoms with Gasteiger partial charge in [-0.3, -0.25) is 9.59 Å². The number of benzene rings is 1. The largest absolute Gasteiger partial charge is 0.339 e. The third-order valence-electron chi connectivity index (χ3n) is 6.92. The molecule has 0 spiro atoms. The Morgan fingerprint density at radius 2 is 1.71 bits per heavy atom. The SMILES string of the molecule is CN[C@H](C(=O)C[C@H](C(=O)N(C)[C@H](C=C(C)CN=[N+]=[N-])C(C)C)C(C)(C)C)C(C)(C)c1ccccc1. The van der Waals surface area contributed by atoms with Crippen LogP contribution in [0, 0.1) is 17.3 Å². The Balaban J connectivity index is 3.26. The number of hydrogen-bond donors (Lipinski definition) is 1. The lowest BCUT2D eigenvalue weighted by Crippen LogP contribution is -2.52. The fourth-order valence-electron chi connectivity index (χ4n) is 4.67. The molecule has 0 unspecified atom stereocenters. The lowest BCUT2D eigenvalue weighted by molar-refractivity contribution is -0.143. The first kappa shape index (κ1) is 30.4. The van der Waals surface area contributed by atoms with Gasteiger partial charge in [-0.2, -0.15) is 0 Å². The topological polar surface area (TPSA) is 98.2 Å². The van der Waals surface area contributed by atoms with Crippen molar-refractivity contribution in [2.75, 3.05) is 20.6 Å². The maximum atomic E-state index is 13.8. The Hall–Kier alpha value is -2.63. The number of rotatable bonds is 12. The summed E-state index contributed by atoms with van der Waals surface area (Å²) >= 11 is 0. The summed E-state index contributed by atoms with van der Waals surface area (Å²) in [6.07, 6.45) is 2.15. The van der Waals surface area contributed by atoms with E-state index in [0.29, 0.717) is 0 Å². The van der Waals surface area contributed by atoms with Gasteiger partial charge in [-0.25, -0.2) is 0 Å². The van der Waals surface area contributed by atoms with E-state index in [1.807, 2.05) is 64.1 Å². The van der Waals surface area contributed by atoms with Gasteiger partial charge in [-0.15, -0.1) is 0 Å². The highest BCUT2D eigenvalue weighted by Crippen LogP contribution is 2.35. The standard InChI is InChI=1S/C28H45N5O2/c1-19(2)23(16-20(3)18-31-32-29)33(10)26(35)22(27(4,5)6)17-24(34)25(30-9)28(7,8)21-14-12-11-13-15-21/h11-16,19,22-23,25,30H,17-18H2,1-10H3/t22-,23-,25-/m1/s1. The Labute approximate surface area is 212 Å². The Kier molecular flexibility index (Phi) is 11.2. The van der Waals surface area contributed by atoms with E-state index in [1.165, 1.54) is 0 Å². The third-order valence-corrected chi connectivity index (χ3v) is 6.92. The van der Waals surface area contributed by atoms with Crippen LogP contribution in [0.5, 0.6) is 0 Å². The third kappa shape index (κ3) is 8.22. The van der Waals surface area contributed by atoms with Crippen molar-refractivity contribution in [3.8, 4) is 0 Å². The van der Waals surface area contributed by atoms with Crippen LogP contribution in [0.25, 0.3) is 10.4 Å². The highest BCUT2D eigenvalue weighted by Gasteiger charge is 2.41. The first-order chi connectivity index (χ1) is 16.2. The lowest BCUT2D eigenvalue weighted by atomic mass is 9.71. The second-order valence-corrected chi connectivity index (χ2v) is 11.5. The van der Waals surface area contributed by atoms with Crippen molar-refractivity contribution < 1.29 is 9.59 Å². The Morgan fingerprint density at radius 1 is 1.14 bits per heavy atom. The normalized spacial score (nSPS) is 15.2. The van der Waals surface area contributed by atoms with E-state index in [1.54, 1.807) is 19.0 Å². The number of Topliss-reactive ketones (excluding diaryl/α,β-unsaturated/α-hetero) is 1. The van der Waals surface area contributed by atoms with E-state index in [9.17, 15) is 9.59 Å². The van der Waals surface area contributed by atoms with Crippen LogP contribution in [-0.2, 0) is 15.0 Å². The van der Waals surface area contributed by atoms with Crippen molar-refractivity contribution in [1.29, 1.82) is 0 Å². The minimum Gasteiger partial charge on any atom is -0.339 e. The van der Waals surface area contributed by atoms with Gasteiger partial charge in [0.25, 0.3) is 0 Å². The summed E-state index contributed by atoms with van der Waals surface area (Å²) in [5.74, 6) is -0.346. The van der Waals surface area contributed by atoms with Gasteiger partial charge in [0.15, 0.2) is 5.78 Å². The summed E-state index contributed by atoms with van der Waals surface area (Å²) in [6, 6.07) is 9.40. The zero-order chi connectivity index (χ0) is 27.0. The molecule has 0 aliphatic rings. The molecule has 0 fully saturated rings. The zero-order valence-corrected chi connectivity index (χ0v) is 23.3. The van der Waals surface area contributed by atoms with Crippen molar-refractivity contribution in [3.63, 3.8) is 0 Å². The molecule has 0 aliphatic carbocycles. The second-order valence-electron chi connectivity index (χ2n) is 11.5. The molecule has 1 aromatic carbocycles. The molecule has 35 heavy (non-hydrogen) atoms. The Morgan fingerprint density at radius 3 is 2.17 bits per heavy atom. The molecule has 3 atom stereocenters. The van der Waals surface area contributed by atoms with Gasteiger partial charge >= 0.3 is 0 Å². The highest BCUT2D eigenvalue weighted by molar-refractivity contribution is 5.91. The molecule has 0 aromatic heterocycles. The van der Waals surface area contributed by atoms with Crippen LogP contribution in [0.1, 0.15) is 67.4 Å². The van der Waals surface area contributed by atoms with Crippen LogP contribution in [0.4, 0.5) is 0 Å². The van der Waals surface area contributed by atoms with E-state index >= 15 is 0 Å². The average Bonchev–Trinajstić information content (AvgIpc) is 2.78. The van der Waals surface area contributed by atoms with Crippen molar-refractivity contribution in [1.82, 2.24) is 10.2 Å². The van der Waals surface area contributed by atoms with E-state index < -0.39 is 22.8 Å². The van der Waals surface area contributed by atoms with Crippen LogP contribution >= 0.6 is 0 Å². The van der Waals surface area contributed by atoms with Crippen molar-refractivity contribution >= 4 is 11.7 Å². The summed E-state index contributed by atoms with van der Waals surface area (Å²) in [7, 11) is 3.61. The van der Waals surface area contributed by atoms with Gasteiger partial charge in [-0.1, -0.05) is 95.6 Å². The van der Waals surface area contributed by atoms with Gasteiger partial charge in [0.2, 0.25) is 5.91 Å². The van der Waals surface area contributed by atoms with Crippen molar-refractivity contribution in [2.45, 2.75) is 79.3 Å². The fourth-order valence-corrected chi connectivity index (χ4v) is 4.67. The average molecular weight is 484 g/mol. The van der Waals surface area contributed by atoms with Gasteiger partial charge in [0.1, 0.15) is 0 Å². The molecule has 1 rings (SSSR count). The van der Waals surface area contributed by atoms with Gasteiger partial charge in [0, 0.05) is 36.3 Å². The molecule has 7 heteroatoms. The number of ketones is 1. The first-order valence-corrected chi connectivity index (χ1v) is 12.4. The van der Waals surface area contributed by atoms with Crippen molar-refractivity contribution in [3.05, 3.63) is 58.0 Å². The van der Waals surface area contributed by atoms with E-state index in [4.69, 9.17) is 5.53 Å². The van der Waals surface area contributed by atoms with Crippen LogP contribution in [-0.4, -0.2) is 49.3 Å². The molecule has 0 radical (unpaired) electrons. The monoisotopic (exact) mass is 483 g/mol. The van der Waals surface area contributed by atoms with E-state index in [0.717, 1.165) is 11.1 Å². The van der Waals surface area contributed by atoms with Crippen molar-refractivity contribution in [2.24, 2.45) is 22.4 Å². The summed E-state index contributed by atoms with van der Waals surface area (Å²) in [4.78, 5) is 32.1. The molecule has 0 bridgehead atoms. The maximum absolute atomic E-state index is 13.8. The maximum Gasteiger partial charge on any atom is 0.226 e. The number of azide groups is 1. The fraction of sp³-hybridized carbons (Fsp3) is 0.643. The first-order valence-electron chi connectivity index (χ1n) is 12.4. The van der Waals surface area contributed by atoms with Crippen LogP contribution in [0.3, 0.4) is 0 Å². The summed E-state index contributed by atoms with van der Waals surface area (Å²) in [5, 5.41) is 6.86. The molecule has 1 amide bonds. The number of nitrogens with one attached hydrogen (secondary N) is 1. The number of likely N-dealkylation sites (N-methyl/N-ethyl adjacent to an activating group) is 2. The molecule has 194 valence electrons. The molecule has 0 aliphatic heterocycles. The van der Waals surface area contributed by atoms with Gasteiger partial charge < -0.3 is 10.2 Å². The number of nitrogens with zero attached hydrogens (tertiary/aromatic N) is 4. The van der Waals surface area contributed by atoms with Gasteiger partial charge in [-0.05, 0) is 36.4 Å². The van der Waals surface area contributed by atoms with Crippen LogP contribution < -0.4 is 5.32 Å². The Bertz CT molecular complexity index is 924. The molecule has 0 saturated carbocycles. The molecule has 0 heterocycles. The van der Waals surface area contributed by atoms with Gasteiger partial charge in [0.05, 0.1) is 12.1 Å². The summed E-state index contributed by atoms with van der Waals surface area (Å²) < 4.78 is 0. The van der Waals surface area contributed by atoms with E-state index in [2.05, 4.69) is 43.0 Å². The summed E-state index contributed by atoms with van der Waals surface area (Å²) in [5.41, 5.74) is 9.77. The molecular weight excluding hydrogens is 438 g/mol. The number of carbonyl (C=O) groups is 2.